The normalized spacial score (nSPS) is 22.9. The Morgan fingerprint density at radius 2 is 2.13 bits per heavy atom. The first-order chi connectivity index (χ1) is 15.2. The molecule has 2 bridgehead atoms. The van der Waals surface area contributed by atoms with E-state index in [1.54, 1.807) is 16.8 Å². The Morgan fingerprint density at radius 1 is 1.19 bits per heavy atom. The maximum Gasteiger partial charge on any atom is 0.256 e. The van der Waals surface area contributed by atoms with Crippen LogP contribution in [-0.4, -0.2) is 45.8 Å². The van der Waals surface area contributed by atoms with Crippen LogP contribution < -0.4 is 19.7 Å². The zero-order chi connectivity index (χ0) is 20.9. The molecule has 2 aliphatic heterocycles. The third kappa shape index (κ3) is 3.07. The molecule has 4 heterocycles. The van der Waals surface area contributed by atoms with Crippen LogP contribution in [0.2, 0.25) is 0 Å². The minimum Gasteiger partial charge on any atom is -0.493 e. The number of nitrogens with one attached hydrogen (secondary N) is 1. The highest BCUT2D eigenvalue weighted by Gasteiger charge is 2.41. The fraction of sp³-hybridized carbons (Fsp3) is 0.409. The molecule has 1 saturated carbocycles. The summed E-state index contributed by atoms with van der Waals surface area (Å²) in [5.41, 5.74) is 1.67. The Hall–Kier alpha value is -3.36. The number of amides is 1. The van der Waals surface area contributed by atoms with Crippen molar-refractivity contribution in [2.24, 2.45) is 0 Å². The standard InChI is InChI=1S/C22H22FN5O3/c23-14-5-6-17-13(9-14)11-27-16-3-1-4-18(16)31-19-12-28-20(26-21(19)27)15(10-25-28)22(29)24-7-2-8-30-17/h5-6,9-10,12,16,18H,1-4,7-8,11H2,(H,24,29)/t16-,18+/m1/s1. The van der Waals surface area contributed by atoms with Crippen molar-refractivity contribution in [3.05, 3.63) is 47.5 Å². The van der Waals surface area contributed by atoms with E-state index in [0.29, 0.717) is 54.6 Å². The summed E-state index contributed by atoms with van der Waals surface area (Å²) >= 11 is 0. The molecule has 1 fully saturated rings. The number of ether oxygens (including phenoxy) is 2. The molecule has 2 atom stereocenters. The minimum absolute atomic E-state index is 0.0434. The number of aromatic nitrogens is 3. The van der Waals surface area contributed by atoms with Crippen LogP contribution in [0.3, 0.4) is 0 Å². The lowest BCUT2D eigenvalue weighted by atomic mass is 10.1. The van der Waals surface area contributed by atoms with Crippen molar-refractivity contribution in [2.45, 2.75) is 44.4 Å². The van der Waals surface area contributed by atoms with E-state index >= 15 is 0 Å². The van der Waals surface area contributed by atoms with Crippen molar-refractivity contribution in [3.63, 3.8) is 0 Å². The highest BCUT2D eigenvalue weighted by atomic mass is 19.1. The molecule has 2 aromatic heterocycles. The number of carbonyl (C=O) groups excluding carboxylic acids is 1. The van der Waals surface area contributed by atoms with Crippen LogP contribution in [0.15, 0.2) is 30.6 Å². The van der Waals surface area contributed by atoms with Crippen LogP contribution in [0.1, 0.15) is 41.6 Å². The van der Waals surface area contributed by atoms with Crippen LogP contribution >= 0.6 is 0 Å². The van der Waals surface area contributed by atoms with Crippen LogP contribution in [0.5, 0.6) is 11.5 Å². The molecule has 160 valence electrons. The van der Waals surface area contributed by atoms with E-state index in [1.807, 2.05) is 0 Å². The lowest BCUT2D eigenvalue weighted by Gasteiger charge is -2.39. The third-order valence-corrected chi connectivity index (χ3v) is 6.28. The van der Waals surface area contributed by atoms with E-state index in [9.17, 15) is 9.18 Å². The van der Waals surface area contributed by atoms with E-state index in [1.165, 1.54) is 18.3 Å². The number of rotatable bonds is 0. The van der Waals surface area contributed by atoms with Gasteiger partial charge in [-0.1, -0.05) is 0 Å². The molecule has 0 unspecified atom stereocenters. The number of halogens is 1. The van der Waals surface area contributed by atoms with Crippen LogP contribution in [0.25, 0.3) is 5.65 Å². The summed E-state index contributed by atoms with van der Waals surface area (Å²) in [6.45, 7) is 1.33. The first-order valence-electron chi connectivity index (χ1n) is 10.7. The summed E-state index contributed by atoms with van der Waals surface area (Å²) in [4.78, 5) is 19.7. The van der Waals surface area contributed by atoms with E-state index in [-0.39, 0.29) is 23.9 Å². The van der Waals surface area contributed by atoms with Crippen LogP contribution in [0, 0.1) is 5.82 Å². The molecule has 1 N–H and O–H groups in total. The smallest absolute Gasteiger partial charge is 0.256 e. The summed E-state index contributed by atoms with van der Waals surface area (Å²) in [7, 11) is 0. The summed E-state index contributed by atoms with van der Waals surface area (Å²) in [6.07, 6.45) is 6.96. The third-order valence-electron chi connectivity index (χ3n) is 6.28. The molecule has 8 nitrogen and oxygen atoms in total. The number of carbonyl (C=O) groups is 1. The highest BCUT2D eigenvalue weighted by Crippen LogP contribution is 2.42. The van der Waals surface area contributed by atoms with Crippen molar-refractivity contribution in [3.8, 4) is 11.5 Å². The predicted octanol–water partition coefficient (Wildman–Crippen LogP) is 2.70. The lowest BCUT2D eigenvalue weighted by Crippen LogP contribution is -2.47. The van der Waals surface area contributed by atoms with Gasteiger partial charge in [0, 0.05) is 18.7 Å². The van der Waals surface area contributed by atoms with Gasteiger partial charge in [-0.2, -0.15) is 5.10 Å². The SMILES string of the molecule is O=C1NCCCOc2ccc(F)cc2CN2c3nc4c1cnn4cc3O[C@H]1CCC[C@H]12. The van der Waals surface area contributed by atoms with Gasteiger partial charge in [0.05, 0.1) is 25.0 Å². The highest BCUT2D eigenvalue weighted by molar-refractivity contribution is 5.99. The number of nitrogens with zero attached hydrogens (tertiary/aromatic N) is 4. The maximum atomic E-state index is 14.2. The van der Waals surface area contributed by atoms with Crippen LogP contribution in [0.4, 0.5) is 10.2 Å². The average Bonchev–Trinajstić information content (AvgIpc) is 3.39. The van der Waals surface area contributed by atoms with E-state index in [2.05, 4.69) is 15.3 Å². The van der Waals surface area contributed by atoms with Crippen molar-refractivity contribution in [1.29, 1.82) is 0 Å². The number of hydrogen-bond donors (Lipinski definition) is 1. The Morgan fingerprint density at radius 3 is 3.06 bits per heavy atom. The lowest BCUT2D eigenvalue weighted by molar-refractivity contribution is 0.0953. The average molecular weight is 423 g/mol. The first kappa shape index (κ1) is 18.4. The van der Waals surface area contributed by atoms with Gasteiger partial charge in [-0.15, -0.1) is 0 Å². The quantitative estimate of drug-likeness (QED) is 0.599. The second-order valence-electron chi connectivity index (χ2n) is 8.25. The fourth-order valence-electron chi connectivity index (χ4n) is 4.80. The van der Waals surface area contributed by atoms with Crippen molar-refractivity contribution < 1.29 is 18.7 Å². The molecule has 1 aliphatic carbocycles. The largest absolute Gasteiger partial charge is 0.493 e. The van der Waals surface area contributed by atoms with Gasteiger partial charge in [-0.05, 0) is 43.9 Å². The molecule has 0 spiro atoms. The number of benzene rings is 1. The Labute approximate surface area is 178 Å². The monoisotopic (exact) mass is 423 g/mol. The van der Waals surface area contributed by atoms with Gasteiger partial charge in [0.25, 0.3) is 5.91 Å². The molecule has 9 heteroatoms. The Bertz CT molecular complexity index is 1180. The molecule has 1 aromatic carbocycles. The van der Waals surface area contributed by atoms with Gasteiger partial charge in [0.15, 0.2) is 17.2 Å². The molecule has 0 saturated heterocycles. The van der Waals surface area contributed by atoms with Gasteiger partial charge < -0.3 is 19.7 Å². The summed E-state index contributed by atoms with van der Waals surface area (Å²) in [5, 5.41) is 7.21. The van der Waals surface area contributed by atoms with Gasteiger partial charge in [-0.25, -0.2) is 13.9 Å². The van der Waals surface area contributed by atoms with Gasteiger partial charge in [0.1, 0.15) is 23.2 Å². The molecule has 3 aliphatic rings. The summed E-state index contributed by atoms with van der Waals surface area (Å²) < 4.78 is 28.0. The Kier molecular flexibility index (Phi) is 4.22. The van der Waals surface area contributed by atoms with Crippen molar-refractivity contribution in [2.75, 3.05) is 18.1 Å². The minimum atomic E-state index is -0.298. The maximum absolute atomic E-state index is 14.2. The molecule has 0 radical (unpaired) electrons. The number of anilines is 1. The molecule has 6 rings (SSSR count). The van der Waals surface area contributed by atoms with Crippen LogP contribution in [-0.2, 0) is 6.54 Å². The van der Waals surface area contributed by atoms with Crippen molar-refractivity contribution in [1.82, 2.24) is 19.9 Å². The molecular formula is C22H22FN5O3. The zero-order valence-corrected chi connectivity index (χ0v) is 16.9. The summed E-state index contributed by atoms with van der Waals surface area (Å²) in [6, 6.07) is 4.75. The first-order valence-corrected chi connectivity index (χ1v) is 10.7. The van der Waals surface area contributed by atoms with E-state index in [4.69, 9.17) is 14.5 Å². The second kappa shape index (κ2) is 7.11. The Balaban J connectivity index is 1.53. The van der Waals surface area contributed by atoms with Crippen molar-refractivity contribution >= 4 is 17.4 Å². The van der Waals surface area contributed by atoms with Gasteiger partial charge in [-0.3, -0.25) is 4.79 Å². The van der Waals surface area contributed by atoms with E-state index < -0.39 is 0 Å². The molecule has 1 amide bonds. The number of hydrogen-bond acceptors (Lipinski definition) is 6. The molecular weight excluding hydrogens is 401 g/mol. The van der Waals surface area contributed by atoms with Gasteiger partial charge >= 0.3 is 0 Å². The fourth-order valence-corrected chi connectivity index (χ4v) is 4.80. The molecule has 31 heavy (non-hydrogen) atoms. The zero-order valence-electron chi connectivity index (χ0n) is 16.9. The molecule has 3 aromatic rings. The topological polar surface area (TPSA) is 81.0 Å². The number of fused-ring (bicyclic) bond motifs is 3. The second-order valence-corrected chi connectivity index (χ2v) is 8.25. The predicted molar refractivity (Wildman–Crippen MR) is 110 cm³/mol. The van der Waals surface area contributed by atoms with E-state index in [0.717, 1.165) is 24.8 Å². The van der Waals surface area contributed by atoms with Gasteiger partial charge in [0.2, 0.25) is 0 Å². The summed E-state index contributed by atoms with van der Waals surface area (Å²) in [5.74, 6) is 1.41.